The van der Waals surface area contributed by atoms with Crippen LogP contribution < -0.4 is 0 Å². The fourth-order valence-electron chi connectivity index (χ4n) is 4.27. The zero-order valence-corrected chi connectivity index (χ0v) is 12.4. The average molecular weight is 278 g/mol. The van der Waals surface area contributed by atoms with Crippen molar-refractivity contribution in [1.82, 2.24) is 0 Å². The maximum absolute atomic E-state index is 5.97. The molecule has 4 aliphatic rings. The molecule has 0 heterocycles. The van der Waals surface area contributed by atoms with Crippen molar-refractivity contribution in [3.8, 4) is 0 Å². The lowest BCUT2D eigenvalue weighted by molar-refractivity contribution is 0.0562. The largest absolute Gasteiger partial charge is 0.381 e. The minimum atomic E-state index is 0.370. The Bertz CT molecular complexity index is 481. The molecule has 4 atom stereocenters. The van der Waals surface area contributed by atoms with E-state index in [-0.39, 0.29) is 0 Å². The molecule has 21 heavy (non-hydrogen) atoms. The van der Waals surface area contributed by atoms with E-state index in [0.717, 1.165) is 0 Å². The molecule has 0 aromatic carbocycles. The predicted octanol–water partition coefficient (Wildman–Crippen LogP) is 4.09. The van der Waals surface area contributed by atoms with Crippen molar-refractivity contribution in [2.75, 3.05) is 7.11 Å². The van der Waals surface area contributed by atoms with Gasteiger partial charge in [-0.1, -0.05) is 72.9 Å². The first-order valence-electron chi connectivity index (χ1n) is 7.98. The van der Waals surface area contributed by atoms with Gasteiger partial charge in [-0.2, -0.15) is 0 Å². The Morgan fingerprint density at radius 3 is 1.19 bits per heavy atom. The van der Waals surface area contributed by atoms with Crippen molar-refractivity contribution in [1.29, 1.82) is 0 Å². The summed E-state index contributed by atoms with van der Waals surface area (Å²) in [5, 5.41) is 0. The molecule has 0 N–H and O–H groups in total. The summed E-state index contributed by atoms with van der Waals surface area (Å²) in [6.07, 6.45) is 27.0. The molecular formula is C20H22O. The van der Waals surface area contributed by atoms with Crippen LogP contribution in [0.25, 0.3) is 0 Å². The summed E-state index contributed by atoms with van der Waals surface area (Å²) in [5.74, 6) is 3.94. The van der Waals surface area contributed by atoms with Gasteiger partial charge in [-0.3, -0.25) is 0 Å². The van der Waals surface area contributed by atoms with E-state index in [2.05, 4.69) is 72.9 Å². The molecule has 2 fully saturated rings. The van der Waals surface area contributed by atoms with Crippen molar-refractivity contribution in [2.45, 2.75) is 6.10 Å². The molecule has 1 nitrogen and oxygen atoms in total. The van der Waals surface area contributed by atoms with E-state index in [1.807, 2.05) is 7.11 Å². The number of fused-ring (bicyclic) bond motifs is 2. The second kappa shape index (κ2) is 5.31. The van der Waals surface area contributed by atoms with Crippen LogP contribution in [0.15, 0.2) is 72.9 Å². The Hall–Kier alpha value is -1.60. The highest BCUT2D eigenvalue weighted by atomic mass is 16.5. The van der Waals surface area contributed by atoms with Crippen LogP contribution in [-0.4, -0.2) is 13.2 Å². The van der Waals surface area contributed by atoms with Crippen LogP contribution in [-0.2, 0) is 4.74 Å². The van der Waals surface area contributed by atoms with Crippen LogP contribution in [0.1, 0.15) is 0 Å². The van der Waals surface area contributed by atoms with E-state index in [9.17, 15) is 0 Å². The monoisotopic (exact) mass is 278 g/mol. The molecule has 108 valence electrons. The van der Waals surface area contributed by atoms with Gasteiger partial charge in [0.2, 0.25) is 0 Å². The number of hydrogen-bond donors (Lipinski definition) is 0. The molecule has 2 saturated carbocycles. The molecule has 0 aromatic heterocycles. The van der Waals surface area contributed by atoms with Crippen molar-refractivity contribution in [3.63, 3.8) is 0 Å². The van der Waals surface area contributed by atoms with Crippen LogP contribution in [0.5, 0.6) is 0 Å². The number of ether oxygens (including phenoxy) is 1. The topological polar surface area (TPSA) is 9.23 Å². The van der Waals surface area contributed by atoms with Gasteiger partial charge in [0.1, 0.15) is 0 Å². The van der Waals surface area contributed by atoms with E-state index in [1.54, 1.807) is 0 Å². The van der Waals surface area contributed by atoms with Gasteiger partial charge in [-0.15, -0.1) is 0 Å². The van der Waals surface area contributed by atoms with E-state index in [1.165, 1.54) is 0 Å². The number of rotatable bonds is 3. The Kier molecular flexibility index (Phi) is 3.31. The zero-order valence-electron chi connectivity index (χ0n) is 12.4. The van der Waals surface area contributed by atoms with Crippen molar-refractivity contribution in [2.24, 2.45) is 35.5 Å². The Balaban J connectivity index is 1.52. The van der Waals surface area contributed by atoms with Crippen LogP contribution in [0.4, 0.5) is 0 Å². The molecule has 4 rings (SSSR count). The van der Waals surface area contributed by atoms with E-state index < -0.39 is 0 Å². The lowest BCUT2D eigenvalue weighted by Crippen LogP contribution is -2.19. The maximum Gasteiger partial charge on any atom is 0.0651 e. The van der Waals surface area contributed by atoms with Crippen LogP contribution in [0.2, 0.25) is 0 Å². The van der Waals surface area contributed by atoms with Crippen molar-refractivity contribution in [3.05, 3.63) is 72.9 Å². The molecule has 4 aliphatic carbocycles. The highest BCUT2D eigenvalue weighted by molar-refractivity contribution is 5.30. The quantitative estimate of drug-likeness (QED) is 0.755. The first kappa shape index (κ1) is 13.1. The Morgan fingerprint density at radius 1 is 0.571 bits per heavy atom. The fourth-order valence-corrected chi connectivity index (χ4v) is 4.27. The minimum absolute atomic E-state index is 0.370. The fraction of sp³-hybridized carbons (Fsp3) is 0.400. The van der Waals surface area contributed by atoms with Gasteiger partial charge in [-0.05, 0) is 35.5 Å². The molecule has 4 unspecified atom stereocenters. The zero-order chi connectivity index (χ0) is 14.2. The second-order valence-corrected chi connectivity index (χ2v) is 6.47. The van der Waals surface area contributed by atoms with Gasteiger partial charge in [-0.25, -0.2) is 0 Å². The van der Waals surface area contributed by atoms with E-state index in [4.69, 9.17) is 4.74 Å². The van der Waals surface area contributed by atoms with Gasteiger partial charge in [0.25, 0.3) is 0 Å². The third-order valence-corrected chi connectivity index (χ3v) is 5.42. The molecule has 0 saturated heterocycles. The highest BCUT2D eigenvalue weighted by Crippen LogP contribution is 2.61. The summed E-state index contributed by atoms with van der Waals surface area (Å²) >= 11 is 0. The minimum Gasteiger partial charge on any atom is -0.381 e. The molecule has 0 radical (unpaired) electrons. The summed E-state index contributed by atoms with van der Waals surface area (Å²) in [7, 11) is 1.89. The van der Waals surface area contributed by atoms with E-state index >= 15 is 0 Å². The summed E-state index contributed by atoms with van der Waals surface area (Å²) in [6.45, 7) is 0. The third kappa shape index (κ3) is 2.30. The SMILES string of the molecule is COC(C1C2C=CC=CC=CC21)C1C2C=CC=CC=CC21. The highest BCUT2D eigenvalue weighted by Gasteiger charge is 2.61. The lowest BCUT2D eigenvalue weighted by Gasteiger charge is -2.15. The first-order chi connectivity index (χ1) is 10.4. The summed E-state index contributed by atoms with van der Waals surface area (Å²) in [5.41, 5.74) is 0. The Labute approximate surface area is 127 Å². The predicted molar refractivity (Wildman–Crippen MR) is 86.6 cm³/mol. The van der Waals surface area contributed by atoms with Crippen molar-refractivity contribution < 1.29 is 4.74 Å². The number of hydrogen-bond acceptors (Lipinski definition) is 1. The summed E-state index contributed by atoms with van der Waals surface area (Å²) in [4.78, 5) is 0. The maximum atomic E-state index is 5.97. The third-order valence-electron chi connectivity index (χ3n) is 5.42. The van der Waals surface area contributed by atoms with Gasteiger partial charge in [0.05, 0.1) is 6.10 Å². The number of allylic oxidation sites excluding steroid dienone is 12. The molecule has 0 amide bonds. The molecular weight excluding hydrogens is 256 g/mol. The van der Waals surface area contributed by atoms with Gasteiger partial charge in [0, 0.05) is 7.11 Å². The first-order valence-corrected chi connectivity index (χ1v) is 7.98. The standard InChI is InChI=1S/C20H22O/c1-21-20(18-14-10-6-2-3-7-11-15(14)18)19-16-12-8-4-5-9-13-17(16)19/h2-20H,1H3. The molecule has 0 spiro atoms. The molecule has 0 bridgehead atoms. The smallest absolute Gasteiger partial charge is 0.0651 e. The van der Waals surface area contributed by atoms with Crippen LogP contribution in [0, 0.1) is 35.5 Å². The van der Waals surface area contributed by atoms with Crippen LogP contribution >= 0.6 is 0 Å². The normalized spacial score (nSPS) is 43.3. The molecule has 0 aliphatic heterocycles. The number of methoxy groups -OCH3 is 1. The molecule has 0 aromatic rings. The van der Waals surface area contributed by atoms with Gasteiger partial charge < -0.3 is 4.74 Å². The van der Waals surface area contributed by atoms with E-state index in [0.29, 0.717) is 41.6 Å². The van der Waals surface area contributed by atoms with Gasteiger partial charge >= 0.3 is 0 Å². The Morgan fingerprint density at radius 2 is 0.905 bits per heavy atom. The van der Waals surface area contributed by atoms with Crippen molar-refractivity contribution >= 4 is 0 Å². The second-order valence-electron chi connectivity index (χ2n) is 6.47. The van der Waals surface area contributed by atoms with Gasteiger partial charge in [0.15, 0.2) is 0 Å². The van der Waals surface area contributed by atoms with Crippen LogP contribution in [0.3, 0.4) is 0 Å². The lowest BCUT2D eigenvalue weighted by atomic mass is 10.0. The summed E-state index contributed by atoms with van der Waals surface area (Å²) in [6, 6.07) is 0. The summed E-state index contributed by atoms with van der Waals surface area (Å²) < 4.78 is 5.97. The molecule has 1 heteroatoms. The average Bonchev–Trinajstić information content (AvgIpc) is 3.28.